The summed E-state index contributed by atoms with van der Waals surface area (Å²) in [6, 6.07) is 0. The molecule has 0 spiro atoms. The van der Waals surface area contributed by atoms with Crippen LogP contribution < -0.4 is 0 Å². The lowest BCUT2D eigenvalue weighted by molar-refractivity contribution is -0.142. The van der Waals surface area contributed by atoms with E-state index in [1.54, 1.807) is 0 Å². The van der Waals surface area contributed by atoms with Crippen LogP contribution in [0.3, 0.4) is 0 Å². The van der Waals surface area contributed by atoms with E-state index in [4.69, 9.17) is 9.84 Å². The molecule has 0 aliphatic heterocycles. The number of carbonyl (C=O) groups is 1. The molecule has 0 bridgehead atoms. The summed E-state index contributed by atoms with van der Waals surface area (Å²) >= 11 is 2.18. The minimum atomic E-state index is -0.923. The molecule has 0 aromatic carbocycles. The molecule has 0 atom stereocenters. The molecule has 12 heavy (non-hydrogen) atoms. The third-order valence-corrected chi connectivity index (χ3v) is 1.39. The summed E-state index contributed by atoms with van der Waals surface area (Å²) in [7, 11) is 0. The molecule has 0 saturated carbocycles. The van der Waals surface area contributed by atoms with Crippen LogP contribution in [0, 0.1) is 11.8 Å². The van der Waals surface area contributed by atoms with Crippen LogP contribution in [-0.2, 0) is 9.53 Å². The average molecular weight is 282 g/mol. The second-order valence-electron chi connectivity index (χ2n) is 2.04. The average Bonchev–Trinajstić information content (AvgIpc) is 2.02. The SMILES string of the molecule is O=C(O)COCCCC#CCI. The Kier molecular flexibility index (Phi) is 8.61. The lowest BCUT2D eigenvalue weighted by Gasteiger charge is -1.96. The molecular weight excluding hydrogens is 271 g/mol. The summed E-state index contributed by atoms with van der Waals surface area (Å²) in [4.78, 5) is 9.98. The molecule has 1 N–H and O–H groups in total. The van der Waals surface area contributed by atoms with E-state index in [9.17, 15) is 4.79 Å². The molecule has 0 aromatic heterocycles. The summed E-state index contributed by atoms with van der Waals surface area (Å²) in [6.45, 7) is 0.266. The van der Waals surface area contributed by atoms with Crippen LogP contribution in [0.1, 0.15) is 12.8 Å². The van der Waals surface area contributed by atoms with Crippen molar-refractivity contribution < 1.29 is 14.6 Å². The Balaban J connectivity index is 3.06. The summed E-state index contributed by atoms with van der Waals surface area (Å²) < 4.78 is 5.65. The van der Waals surface area contributed by atoms with Crippen molar-refractivity contribution in [2.24, 2.45) is 0 Å². The zero-order chi connectivity index (χ0) is 9.23. The number of hydrogen-bond donors (Lipinski definition) is 1. The molecule has 0 aliphatic carbocycles. The van der Waals surface area contributed by atoms with Crippen molar-refractivity contribution in [3.63, 3.8) is 0 Å². The molecule has 0 radical (unpaired) electrons. The minimum absolute atomic E-state index is 0.209. The summed E-state index contributed by atoms with van der Waals surface area (Å²) in [5, 5.41) is 8.20. The highest BCUT2D eigenvalue weighted by molar-refractivity contribution is 14.1. The second kappa shape index (κ2) is 8.81. The first-order chi connectivity index (χ1) is 5.77. The van der Waals surface area contributed by atoms with Gasteiger partial charge in [0.25, 0.3) is 0 Å². The van der Waals surface area contributed by atoms with Crippen LogP contribution >= 0.6 is 22.6 Å². The first-order valence-corrected chi connectivity index (χ1v) is 5.11. The second-order valence-corrected chi connectivity index (χ2v) is 2.80. The van der Waals surface area contributed by atoms with Crippen molar-refractivity contribution in [3.8, 4) is 11.8 Å². The molecule has 0 saturated heterocycles. The Morgan fingerprint density at radius 2 is 2.25 bits per heavy atom. The van der Waals surface area contributed by atoms with E-state index < -0.39 is 5.97 Å². The monoisotopic (exact) mass is 282 g/mol. The summed E-state index contributed by atoms with van der Waals surface area (Å²) in [5.74, 6) is 4.93. The van der Waals surface area contributed by atoms with Gasteiger partial charge in [-0.2, -0.15) is 0 Å². The van der Waals surface area contributed by atoms with E-state index in [1.807, 2.05) is 0 Å². The molecule has 0 amide bonds. The number of unbranched alkanes of at least 4 members (excludes halogenated alkanes) is 1. The molecule has 68 valence electrons. The largest absolute Gasteiger partial charge is 0.480 e. The summed E-state index contributed by atoms with van der Waals surface area (Å²) in [6.07, 6.45) is 1.58. The maximum absolute atomic E-state index is 9.98. The lowest BCUT2D eigenvalue weighted by Crippen LogP contribution is -2.07. The number of ether oxygens (including phenoxy) is 1. The van der Waals surface area contributed by atoms with Crippen LogP contribution in [-0.4, -0.2) is 28.7 Å². The van der Waals surface area contributed by atoms with Gasteiger partial charge in [-0.3, -0.25) is 0 Å². The molecule has 0 fully saturated rings. The van der Waals surface area contributed by atoms with E-state index in [2.05, 4.69) is 34.4 Å². The first-order valence-electron chi connectivity index (χ1n) is 3.58. The predicted molar refractivity (Wildman–Crippen MR) is 54.4 cm³/mol. The highest BCUT2D eigenvalue weighted by atomic mass is 127. The number of rotatable bonds is 5. The molecule has 3 nitrogen and oxygen atoms in total. The maximum atomic E-state index is 9.98. The number of hydrogen-bond acceptors (Lipinski definition) is 2. The third-order valence-electron chi connectivity index (χ3n) is 1.01. The minimum Gasteiger partial charge on any atom is -0.480 e. The zero-order valence-corrected chi connectivity index (χ0v) is 8.83. The van der Waals surface area contributed by atoms with E-state index in [0.717, 1.165) is 17.3 Å². The Hall–Kier alpha value is -0.280. The normalized spacial score (nSPS) is 8.75. The summed E-state index contributed by atoms with van der Waals surface area (Å²) in [5.41, 5.74) is 0. The van der Waals surface area contributed by atoms with Crippen LogP contribution in [0.2, 0.25) is 0 Å². The Morgan fingerprint density at radius 3 is 2.83 bits per heavy atom. The molecule has 0 aliphatic rings. The quantitative estimate of drug-likeness (QED) is 0.358. The Bertz CT molecular complexity index is 180. The van der Waals surface area contributed by atoms with Crippen LogP contribution in [0.5, 0.6) is 0 Å². The van der Waals surface area contributed by atoms with Crippen molar-refractivity contribution in [3.05, 3.63) is 0 Å². The molecule has 0 heterocycles. The van der Waals surface area contributed by atoms with E-state index in [0.29, 0.717) is 6.61 Å². The van der Waals surface area contributed by atoms with Gasteiger partial charge in [-0.1, -0.05) is 28.5 Å². The molecular formula is C8H11IO3. The highest BCUT2D eigenvalue weighted by Crippen LogP contribution is 1.88. The van der Waals surface area contributed by atoms with Crippen molar-refractivity contribution in [1.29, 1.82) is 0 Å². The van der Waals surface area contributed by atoms with Gasteiger partial charge in [0.1, 0.15) is 6.61 Å². The van der Waals surface area contributed by atoms with Gasteiger partial charge in [-0.05, 0) is 6.42 Å². The van der Waals surface area contributed by atoms with Gasteiger partial charge < -0.3 is 9.84 Å². The van der Waals surface area contributed by atoms with Gasteiger partial charge in [0.05, 0.1) is 4.43 Å². The van der Waals surface area contributed by atoms with Gasteiger partial charge in [0.15, 0.2) is 0 Å². The van der Waals surface area contributed by atoms with E-state index in [-0.39, 0.29) is 6.61 Å². The molecule has 0 unspecified atom stereocenters. The van der Waals surface area contributed by atoms with Crippen molar-refractivity contribution in [2.75, 3.05) is 17.6 Å². The smallest absolute Gasteiger partial charge is 0.329 e. The van der Waals surface area contributed by atoms with E-state index >= 15 is 0 Å². The molecule has 0 rings (SSSR count). The van der Waals surface area contributed by atoms with Gasteiger partial charge >= 0.3 is 5.97 Å². The van der Waals surface area contributed by atoms with Gasteiger partial charge in [-0.15, -0.1) is 5.92 Å². The van der Waals surface area contributed by atoms with Crippen LogP contribution in [0.25, 0.3) is 0 Å². The Labute approximate surface area is 85.6 Å². The lowest BCUT2D eigenvalue weighted by atomic mass is 10.3. The fourth-order valence-corrected chi connectivity index (χ4v) is 0.827. The highest BCUT2D eigenvalue weighted by Gasteiger charge is 1.93. The number of aliphatic carboxylic acids is 1. The number of carboxylic acid groups (broad SMARTS) is 1. The van der Waals surface area contributed by atoms with Gasteiger partial charge in [-0.25, -0.2) is 4.79 Å². The fraction of sp³-hybridized carbons (Fsp3) is 0.625. The standard InChI is InChI=1S/C8H11IO3/c9-5-3-1-2-4-6-12-7-8(10)11/h2,4-7H2,(H,10,11). The fourth-order valence-electron chi connectivity index (χ4n) is 0.558. The predicted octanol–water partition coefficient (Wildman–Crippen LogP) is 1.31. The molecule has 0 aromatic rings. The van der Waals surface area contributed by atoms with Crippen LogP contribution in [0.15, 0.2) is 0 Å². The molecule has 4 heteroatoms. The van der Waals surface area contributed by atoms with Crippen molar-refractivity contribution >= 4 is 28.6 Å². The third kappa shape index (κ3) is 9.72. The topological polar surface area (TPSA) is 46.5 Å². The van der Waals surface area contributed by atoms with Gasteiger partial charge in [0.2, 0.25) is 0 Å². The first kappa shape index (κ1) is 11.7. The zero-order valence-electron chi connectivity index (χ0n) is 6.68. The van der Waals surface area contributed by atoms with Crippen LogP contribution in [0.4, 0.5) is 0 Å². The number of carboxylic acids is 1. The Morgan fingerprint density at radius 1 is 1.50 bits per heavy atom. The van der Waals surface area contributed by atoms with E-state index in [1.165, 1.54) is 0 Å². The van der Waals surface area contributed by atoms with Crippen molar-refractivity contribution in [1.82, 2.24) is 0 Å². The number of alkyl halides is 1. The maximum Gasteiger partial charge on any atom is 0.329 e. The number of halogens is 1. The van der Waals surface area contributed by atoms with Gasteiger partial charge in [0, 0.05) is 13.0 Å². The van der Waals surface area contributed by atoms with Crippen molar-refractivity contribution in [2.45, 2.75) is 12.8 Å².